The summed E-state index contributed by atoms with van der Waals surface area (Å²) in [5, 5.41) is 3.11. The normalized spacial score (nSPS) is 15.3. The van der Waals surface area contributed by atoms with Gasteiger partial charge in [-0.15, -0.1) is 0 Å². The number of anilines is 1. The first kappa shape index (κ1) is 19.4. The zero-order valence-corrected chi connectivity index (χ0v) is 15.9. The summed E-state index contributed by atoms with van der Waals surface area (Å²) in [6.45, 7) is 2.55. The van der Waals surface area contributed by atoms with Gasteiger partial charge in [0.1, 0.15) is 28.8 Å². The van der Waals surface area contributed by atoms with Crippen LogP contribution in [0.25, 0.3) is 0 Å². The molecule has 1 N–H and O–H groups in total. The number of benzene rings is 1. The summed E-state index contributed by atoms with van der Waals surface area (Å²) in [6, 6.07) is 10.5. The zero-order chi connectivity index (χ0) is 19.1. The molecule has 1 aromatic carbocycles. The van der Waals surface area contributed by atoms with Crippen molar-refractivity contribution in [3.8, 4) is 11.5 Å². The van der Waals surface area contributed by atoms with Crippen LogP contribution in [0.4, 0.5) is 5.82 Å². The Morgan fingerprint density at radius 3 is 2.44 bits per heavy atom. The molecule has 0 saturated carbocycles. The lowest BCUT2D eigenvalue weighted by molar-refractivity contribution is 0.0730. The molecule has 0 amide bonds. The molecule has 0 unspecified atom stereocenters. The molecule has 1 aromatic heterocycles. The highest BCUT2D eigenvalue weighted by Crippen LogP contribution is 2.18. The molecule has 0 bridgehead atoms. The van der Waals surface area contributed by atoms with Gasteiger partial charge in [0.25, 0.3) is 0 Å². The van der Waals surface area contributed by atoms with Crippen molar-refractivity contribution >= 4 is 15.8 Å². The van der Waals surface area contributed by atoms with E-state index in [0.29, 0.717) is 45.3 Å². The van der Waals surface area contributed by atoms with Crippen molar-refractivity contribution in [2.45, 2.75) is 4.90 Å². The second-order valence-electron chi connectivity index (χ2n) is 5.85. The van der Waals surface area contributed by atoms with Crippen LogP contribution < -0.4 is 14.8 Å². The highest BCUT2D eigenvalue weighted by molar-refractivity contribution is 7.89. The summed E-state index contributed by atoms with van der Waals surface area (Å²) >= 11 is 0. The predicted molar refractivity (Wildman–Crippen MR) is 101 cm³/mol. The molecule has 3 rings (SSSR count). The fourth-order valence-corrected chi connectivity index (χ4v) is 3.95. The minimum absolute atomic E-state index is 0.185. The largest absolute Gasteiger partial charge is 0.497 e. The van der Waals surface area contributed by atoms with Gasteiger partial charge < -0.3 is 19.5 Å². The van der Waals surface area contributed by atoms with E-state index in [2.05, 4.69) is 10.3 Å². The van der Waals surface area contributed by atoms with Gasteiger partial charge in [-0.1, -0.05) is 0 Å². The van der Waals surface area contributed by atoms with Crippen LogP contribution in [0.2, 0.25) is 0 Å². The molecule has 8 nitrogen and oxygen atoms in total. The number of ether oxygens (including phenoxy) is 3. The molecule has 9 heteroatoms. The van der Waals surface area contributed by atoms with Gasteiger partial charge in [-0.2, -0.15) is 4.31 Å². The van der Waals surface area contributed by atoms with Crippen molar-refractivity contribution in [1.29, 1.82) is 0 Å². The van der Waals surface area contributed by atoms with Gasteiger partial charge in [-0.05, 0) is 36.4 Å². The molecule has 146 valence electrons. The fraction of sp³-hybridized carbons (Fsp3) is 0.389. The van der Waals surface area contributed by atoms with Crippen molar-refractivity contribution in [2.75, 3.05) is 51.9 Å². The topological polar surface area (TPSA) is 90.0 Å². The molecule has 0 atom stereocenters. The van der Waals surface area contributed by atoms with E-state index in [1.54, 1.807) is 19.2 Å². The van der Waals surface area contributed by atoms with Crippen LogP contribution >= 0.6 is 0 Å². The summed E-state index contributed by atoms with van der Waals surface area (Å²) in [5.41, 5.74) is 0. The molecular weight excluding hydrogens is 370 g/mol. The summed E-state index contributed by atoms with van der Waals surface area (Å²) < 4.78 is 42.4. The van der Waals surface area contributed by atoms with Gasteiger partial charge in [0.15, 0.2) is 0 Å². The number of rotatable bonds is 8. The number of morpholine rings is 1. The summed E-state index contributed by atoms with van der Waals surface area (Å²) in [6.07, 6.45) is 1.37. The second-order valence-corrected chi connectivity index (χ2v) is 7.78. The lowest BCUT2D eigenvalue weighted by Gasteiger charge is -2.25. The smallest absolute Gasteiger partial charge is 0.244 e. The number of hydrogen-bond donors (Lipinski definition) is 1. The average molecular weight is 393 g/mol. The second kappa shape index (κ2) is 9.03. The van der Waals surface area contributed by atoms with Gasteiger partial charge in [-0.25, -0.2) is 13.4 Å². The van der Waals surface area contributed by atoms with Crippen molar-refractivity contribution in [3.63, 3.8) is 0 Å². The number of sulfonamides is 1. The molecule has 2 heterocycles. The lowest BCUT2D eigenvalue weighted by atomic mass is 10.3. The van der Waals surface area contributed by atoms with Crippen LogP contribution in [0.1, 0.15) is 0 Å². The first-order valence-corrected chi connectivity index (χ1v) is 10.1. The van der Waals surface area contributed by atoms with Crippen molar-refractivity contribution in [3.05, 3.63) is 42.6 Å². The van der Waals surface area contributed by atoms with E-state index >= 15 is 0 Å². The number of hydrogen-bond acceptors (Lipinski definition) is 7. The van der Waals surface area contributed by atoms with Crippen molar-refractivity contribution in [2.24, 2.45) is 0 Å². The van der Waals surface area contributed by atoms with Crippen LogP contribution in [-0.4, -0.2) is 64.3 Å². The Morgan fingerprint density at radius 1 is 1.11 bits per heavy atom. The monoisotopic (exact) mass is 393 g/mol. The first-order chi connectivity index (χ1) is 13.1. The highest BCUT2D eigenvalue weighted by atomic mass is 32.2. The van der Waals surface area contributed by atoms with Gasteiger partial charge in [0.05, 0.1) is 26.9 Å². The van der Waals surface area contributed by atoms with Gasteiger partial charge in [-0.3, -0.25) is 0 Å². The van der Waals surface area contributed by atoms with Crippen LogP contribution in [-0.2, 0) is 14.8 Å². The van der Waals surface area contributed by atoms with E-state index in [0.717, 1.165) is 11.5 Å². The Hall–Kier alpha value is -2.36. The SMILES string of the molecule is COc1ccc(OCCNc2ccc(S(=O)(=O)N3CCOCC3)cn2)cc1. The molecule has 1 fully saturated rings. The van der Waals surface area contributed by atoms with E-state index < -0.39 is 10.0 Å². The first-order valence-electron chi connectivity index (χ1n) is 8.64. The molecule has 1 saturated heterocycles. The Morgan fingerprint density at radius 2 is 1.81 bits per heavy atom. The number of pyridine rings is 1. The number of aromatic nitrogens is 1. The molecular formula is C18H23N3O5S. The van der Waals surface area contributed by atoms with Crippen LogP contribution in [0.15, 0.2) is 47.5 Å². The number of nitrogens with zero attached hydrogens (tertiary/aromatic N) is 2. The molecule has 1 aliphatic heterocycles. The maximum absolute atomic E-state index is 12.5. The van der Waals surface area contributed by atoms with Gasteiger partial charge in [0, 0.05) is 19.3 Å². The predicted octanol–water partition coefficient (Wildman–Crippen LogP) is 1.60. The maximum Gasteiger partial charge on any atom is 0.244 e. The molecule has 2 aromatic rings. The fourth-order valence-electron chi connectivity index (χ4n) is 2.59. The Balaban J connectivity index is 1.48. The maximum atomic E-state index is 12.5. The molecule has 0 spiro atoms. The number of methoxy groups -OCH3 is 1. The van der Waals surface area contributed by atoms with Gasteiger partial charge >= 0.3 is 0 Å². The van der Waals surface area contributed by atoms with Crippen LogP contribution in [0, 0.1) is 0 Å². The third kappa shape index (κ3) is 5.09. The lowest BCUT2D eigenvalue weighted by Crippen LogP contribution is -2.40. The molecule has 0 aliphatic carbocycles. The zero-order valence-electron chi connectivity index (χ0n) is 15.1. The van der Waals surface area contributed by atoms with Crippen LogP contribution in [0.5, 0.6) is 11.5 Å². The summed E-state index contributed by atoms with van der Waals surface area (Å²) in [4.78, 5) is 4.37. The average Bonchev–Trinajstić information content (AvgIpc) is 2.72. The Bertz CT molecular complexity index is 819. The quantitative estimate of drug-likeness (QED) is 0.681. The van der Waals surface area contributed by atoms with Crippen molar-refractivity contribution < 1.29 is 22.6 Å². The van der Waals surface area contributed by atoms with E-state index in [9.17, 15) is 8.42 Å². The van der Waals surface area contributed by atoms with E-state index in [1.165, 1.54) is 10.5 Å². The van der Waals surface area contributed by atoms with Gasteiger partial charge in [0.2, 0.25) is 10.0 Å². The standard InChI is InChI=1S/C18H23N3O5S/c1-24-15-2-4-16(5-3-15)26-11-8-19-18-7-6-17(14-20-18)27(22,23)21-9-12-25-13-10-21/h2-7,14H,8-13H2,1H3,(H,19,20). The number of nitrogens with one attached hydrogen (secondary N) is 1. The van der Waals surface area contributed by atoms with E-state index in [-0.39, 0.29) is 4.90 Å². The molecule has 0 radical (unpaired) electrons. The molecule has 1 aliphatic rings. The van der Waals surface area contributed by atoms with Crippen LogP contribution in [0.3, 0.4) is 0 Å². The molecule has 27 heavy (non-hydrogen) atoms. The third-order valence-electron chi connectivity index (χ3n) is 4.08. The Kier molecular flexibility index (Phi) is 6.49. The van der Waals surface area contributed by atoms with E-state index in [1.807, 2.05) is 24.3 Å². The highest BCUT2D eigenvalue weighted by Gasteiger charge is 2.26. The summed E-state index contributed by atoms with van der Waals surface area (Å²) in [7, 11) is -1.90. The Labute approximate surface area is 159 Å². The third-order valence-corrected chi connectivity index (χ3v) is 5.96. The van der Waals surface area contributed by atoms with Crippen molar-refractivity contribution in [1.82, 2.24) is 9.29 Å². The minimum atomic E-state index is -3.52. The van der Waals surface area contributed by atoms with E-state index in [4.69, 9.17) is 14.2 Å². The summed E-state index contributed by atoms with van der Waals surface area (Å²) in [5.74, 6) is 2.11. The minimum Gasteiger partial charge on any atom is -0.497 e.